The molecule has 3 unspecified atom stereocenters. The van der Waals surface area contributed by atoms with Crippen molar-refractivity contribution in [3.63, 3.8) is 0 Å². The number of rotatable bonds is 15. The number of hydroxylamine groups is 1. The lowest BCUT2D eigenvalue weighted by Gasteiger charge is -2.36. The summed E-state index contributed by atoms with van der Waals surface area (Å²) in [6, 6.07) is 27.4. The van der Waals surface area contributed by atoms with Gasteiger partial charge in [0.1, 0.15) is 5.69 Å². The van der Waals surface area contributed by atoms with Crippen LogP contribution in [0, 0.1) is 0 Å². The van der Waals surface area contributed by atoms with Crippen LogP contribution >= 0.6 is 11.8 Å². The molecule has 1 aliphatic heterocycles. The summed E-state index contributed by atoms with van der Waals surface area (Å²) in [6.45, 7) is -0.0480. The maximum Gasteiger partial charge on any atom is 0.256 e. The lowest BCUT2D eigenvalue weighted by Crippen LogP contribution is -2.46. The van der Waals surface area contributed by atoms with Crippen LogP contribution < -0.4 is 10.8 Å². The third-order valence-electron chi connectivity index (χ3n) is 7.66. The van der Waals surface area contributed by atoms with Crippen LogP contribution in [0.3, 0.4) is 0 Å². The van der Waals surface area contributed by atoms with Crippen molar-refractivity contribution < 1.29 is 33.8 Å². The summed E-state index contributed by atoms with van der Waals surface area (Å²) in [5.41, 5.74) is 6.03. The molecule has 3 aromatic carbocycles. The molecule has 5 rings (SSSR count). The number of oxazole rings is 1. The van der Waals surface area contributed by atoms with E-state index < -0.39 is 12.3 Å². The molecule has 0 saturated carbocycles. The van der Waals surface area contributed by atoms with Crippen LogP contribution in [0.25, 0.3) is 22.6 Å². The van der Waals surface area contributed by atoms with Crippen LogP contribution in [0.15, 0.2) is 94.6 Å². The van der Waals surface area contributed by atoms with E-state index in [1.165, 1.54) is 11.8 Å². The minimum Gasteiger partial charge on any atom is -0.431 e. The molecule has 3 atom stereocenters. The molecular formula is C35H39N3O7S. The van der Waals surface area contributed by atoms with Gasteiger partial charge in [-0.1, -0.05) is 110 Å². The second kappa shape index (κ2) is 17.1. The smallest absolute Gasteiger partial charge is 0.256 e. The van der Waals surface area contributed by atoms with E-state index in [1.807, 2.05) is 84.9 Å². The number of aliphatic hydroxyl groups excluding tert-OH is 1. The summed E-state index contributed by atoms with van der Waals surface area (Å²) in [5.74, 6) is 0.624. The zero-order chi connectivity index (χ0) is 32.1. The number of carbonyl (C=O) groups is 2. The molecule has 1 aliphatic rings. The number of amides is 2. The average Bonchev–Trinajstić information content (AvgIpc) is 3.54. The molecule has 0 spiro atoms. The van der Waals surface area contributed by atoms with Crippen molar-refractivity contribution in [3.05, 3.63) is 96.1 Å². The fourth-order valence-electron chi connectivity index (χ4n) is 5.22. The van der Waals surface area contributed by atoms with Crippen molar-refractivity contribution in [2.75, 3.05) is 5.75 Å². The standard InChI is InChI=1S/C35H39N3O7S/c39-22-24-17-19-25(20-18-24)29-21-28(43-34(44-29)36-30(40)15-9-1-2-10-16-31(41)38-42)23-46-35-37-32(26-11-5-3-6-12-26)33(45-35)27-13-7-4-8-14-27/h3-8,11-14,17-20,28-29,34,39,42H,1-2,9-10,15-16,21-23H2,(H,36,40)(H,38,41). The van der Waals surface area contributed by atoms with Gasteiger partial charge in [-0.05, 0) is 24.0 Å². The number of hydrogen-bond acceptors (Lipinski definition) is 9. The summed E-state index contributed by atoms with van der Waals surface area (Å²) in [4.78, 5) is 28.8. The van der Waals surface area contributed by atoms with E-state index >= 15 is 0 Å². The van der Waals surface area contributed by atoms with Crippen molar-refractivity contribution in [3.8, 4) is 22.6 Å². The maximum atomic E-state index is 12.8. The molecule has 2 heterocycles. The monoisotopic (exact) mass is 645 g/mol. The van der Waals surface area contributed by atoms with Crippen LogP contribution in [0.2, 0.25) is 0 Å². The molecule has 1 fully saturated rings. The van der Waals surface area contributed by atoms with Crippen LogP contribution in [0.4, 0.5) is 0 Å². The second-order valence-electron chi connectivity index (χ2n) is 11.1. The highest BCUT2D eigenvalue weighted by atomic mass is 32.2. The number of carbonyl (C=O) groups excluding carboxylic acids is 2. The number of aliphatic hydroxyl groups is 1. The molecule has 0 bridgehead atoms. The van der Waals surface area contributed by atoms with E-state index in [9.17, 15) is 14.7 Å². The lowest BCUT2D eigenvalue weighted by atomic mass is 10.0. The Bertz CT molecular complexity index is 1480. The molecule has 4 aromatic rings. The number of thioether (sulfide) groups is 1. The first-order valence-electron chi connectivity index (χ1n) is 15.5. The average molecular weight is 646 g/mol. The highest BCUT2D eigenvalue weighted by Crippen LogP contribution is 2.37. The number of aromatic nitrogens is 1. The molecule has 1 saturated heterocycles. The Kier molecular flexibility index (Phi) is 12.4. The Morgan fingerprint density at radius 2 is 1.48 bits per heavy atom. The van der Waals surface area contributed by atoms with E-state index in [2.05, 4.69) is 5.32 Å². The number of benzene rings is 3. The molecule has 0 aliphatic carbocycles. The molecule has 10 nitrogen and oxygen atoms in total. The third kappa shape index (κ3) is 9.51. The quantitative estimate of drug-likeness (QED) is 0.0501. The number of ether oxygens (including phenoxy) is 2. The highest BCUT2D eigenvalue weighted by Gasteiger charge is 2.32. The number of nitrogens with zero attached hydrogens (tertiary/aromatic N) is 1. The first kappa shape index (κ1) is 33.4. The minimum absolute atomic E-state index is 0.0480. The molecule has 1 aromatic heterocycles. The zero-order valence-electron chi connectivity index (χ0n) is 25.5. The maximum absolute atomic E-state index is 12.8. The second-order valence-corrected chi connectivity index (χ2v) is 12.0. The Labute approximate surface area is 272 Å². The van der Waals surface area contributed by atoms with Crippen molar-refractivity contribution >= 4 is 23.6 Å². The predicted molar refractivity (Wildman–Crippen MR) is 173 cm³/mol. The molecule has 4 N–H and O–H groups in total. The van der Waals surface area contributed by atoms with Gasteiger partial charge in [0.25, 0.3) is 5.22 Å². The topological polar surface area (TPSA) is 143 Å². The Hall–Kier alpha value is -4.00. The van der Waals surface area contributed by atoms with Gasteiger partial charge < -0.3 is 24.3 Å². The van der Waals surface area contributed by atoms with Crippen molar-refractivity contribution in [1.29, 1.82) is 0 Å². The van der Waals surface area contributed by atoms with E-state index in [1.54, 1.807) is 5.48 Å². The van der Waals surface area contributed by atoms with E-state index in [-0.39, 0.29) is 31.1 Å². The summed E-state index contributed by atoms with van der Waals surface area (Å²) in [7, 11) is 0. The fourth-order valence-corrected chi connectivity index (χ4v) is 6.06. The largest absolute Gasteiger partial charge is 0.431 e. The zero-order valence-corrected chi connectivity index (χ0v) is 26.3. The number of unbranched alkanes of at least 4 members (excludes halogenated alkanes) is 3. The number of nitrogens with one attached hydrogen (secondary N) is 2. The Morgan fingerprint density at radius 1 is 0.826 bits per heavy atom. The molecular weight excluding hydrogens is 606 g/mol. The van der Waals surface area contributed by atoms with E-state index in [4.69, 9.17) is 24.1 Å². The van der Waals surface area contributed by atoms with Crippen LogP contribution in [0.1, 0.15) is 62.2 Å². The lowest BCUT2D eigenvalue weighted by molar-refractivity contribution is -0.251. The summed E-state index contributed by atoms with van der Waals surface area (Å²) >= 11 is 1.45. The van der Waals surface area contributed by atoms with Gasteiger partial charge >= 0.3 is 0 Å². The van der Waals surface area contributed by atoms with Gasteiger partial charge in [-0.25, -0.2) is 10.5 Å². The van der Waals surface area contributed by atoms with Gasteiger partial charge in [-0.15, -0.1) is 0 Å². The molecule has 2 amide bonds. The van der Waals surface area contributed by atoms with Gasteiger partial charge in [0.15, 0.2) is 5.76 Å². The van der Waals surface area contributed by atoms with Gasteiger partial charge in [0, 0.05) is 36.1 Å². The molecule has 11 heteroatoms. The van der Waals surface area contributed by atoms with Crippen LogP contribution in [0.5, 0.6) is 0 Å². The highest BCUT2D eigenvalue weighted by molar-refractivity contribution is 7.99. The summed E-state index contributed by atoms with van der Waals surface area (Å²) in [5, 5.41) is 21.5. The van der Waals surface area contributed by atoms with Crippen molar-refractivity contribution in [2.24, 2.45) is 0 Å². The van der Waals surface area contributed by atoms with Crippen molar-refractivity contribution in [2.45, 2.75) is 75.4 Å². The summed E-state index contributed by atoms with van der Waals surface area (Å²) < 4.78 is 18.7. The number of hydrogen-bond donors (Lipinski definition) is 4. The first-order chi connectivity index (χ1) is 22.5. The Morgan fingerprint density at radius 3 is 2.13 bits per heavy atom. The van der Waals surface area contributed by atoms with Crippen LogP contribution in [-0.2, 0) is 25.7 Å². The molecule has 46 heavy (non-hydrogen) atoms. The van der Waals surface area contributed by atoms with Gasteiger partial charge in [-0.3, -0.25) is 14.8 Å². The SMILES string of the molecule is O=C(CCCCCCC(=O)NC1OC(CSc2nc(-c3ccccc3)c(-c3ccccc3)o2)CC(c2ccc(CO)cc2)O1)NO. The van der Waals surface area contributed by atoms with Gasteiger partial charge in [0.2, 0.25) is 18.2 Å². The molecule has 242 valence electrons. The predicted octanol–water partition coefficient (Wildman–Crippen LogP) is 6.39. The third-order valence-corrected chi connectivity index (χ3v) is 8.62. The first-order valence-corrected chi connectivity index (χ1v) is 16.5. The minimum atomic E-state index is -0.938. The van der Waals surface area contributed by atoms with Crippen molar-refractivity contribution in [1.82, 2.24) is 15.8 Å². The van der Waals surface area contributed by atoms with Gasteiger partial charge in [-0.2, -0.15) is 0 Å². The Balaban J connectivity index is 1.24. The van der Waals surface area contributed by atoms with Gasteiger partial charge in [0.05, 0.1) is 18.8 Å². The summed E-state index contributed by atoms with van der Waals surface area (Å²) in [6.07, 6.45) is 2.41. The van der Waals surface area contributed by atoms with E-state index in [0.29, 0.717) is 42.4 Å². The van der Waals surface area contributed by atoms with Crippen LogP contribution in [-0.4, -0.2) is 45.4 Å². The normalized spacial score (nSPS) is 17.8. The van der Waals surface area contributed by atoms with E-state index in [0.717, 1.165) is 40.8 Å². The molecule has 0 radical (unpaired) electrons. The fraction of sp³-hybridized carbons (Fsp3) is 0.343.